The average Bonchev–Trinajstić information content (AvgIpc) is 2.56. The normalized spacial score (nSPS) is 11.8. The van der Waals surface area contributed by atoms with E-state index in [2.05, 4.69) is 22.0 Å². The summed E-state index contributed by atoms with van der Waals surface area (Å²) in [4.78, 5) is 11.7. The number of ether oxygens (including phenoxy) is 2. The molecule has 0 heterocycles. The number of carbonyl (C=O) groups excluding carboxylic acids is 1. The maximum Gasteiger partial charge on any atom is 0.306 e. The number of carbonyl (C=O) groups is 1. The van der Waals surface area contributed by atoms with Crippen molar-refractivity contribution in [2.75, 3.05) is 7.11 Å². The number of methoxy groups -OCH3 is 1. The number of halogens is 1. The van der Waals surface area contributed by atoms with Crippen LogP contribution in [-0.2, 0) is 14.9 Å². The Morgan fingerprint density at radius 3 is 2.46 bits per heavy atom. The molecule has 0 spiro atoms. The van der Waals surface area contributed by atoms with Crippen LogP contribution < -0.4 is 4.74 Å². The maximum absolute atomic E-state index is 11.7. The largest absolute Gasteiger partial charge is 0.496 e. The number of hydrogen-bond acceptors (Lipinski definition) is 4. The average molecular weight is 422 g/mol. The van der Waals surface area contributed by atoms with Crippen LogP contribution in [0.3, 0.4) is 0 Å². The predicted octanol–water partition coefficient (Wildman–Crippen LogP) is 5.71. The number of rotatable bonds is 8. The van der Waals surface area contributed by atoms with E-state index in [0.29, 0.717) is 30.2 Å². The number of alkyl halides is 1. The standard InChI is InChI=1S/C21H28BrNO3/c1-15-10-19(25-5)18(13-22)12-17(15)11-16(14-23)8-6-7-9-20(24)26-21(2,3)4/h10-12H,6-9,13H2,1-5H3/b16-11+. The Morgan fingerprint density at radius 1 is 1.27 bits per heavy atom. The first-order valence-electron chi connectivity index (χ1n) is 8.76. The topological polar surface area (TPSA) is 59.3 Å². The number of nitriles is 1. The molecule has 0 saturated heterocycles. The number of aryl methyl sites for hydroxylation is 1. The van der Waals surface area contributed by atoms with Crippen LogP contribution in [0.25, 0.3) is 6.08 Å². The van der Waals surface area contributed by atoms with E-state index in [-0.39, 0.29) is 5.97 Å². The van der Waals surface area contributed by atoms with E-state index in [4.69, 9.17) is 9.47 Å². The molecule has 1 aromatic rings. The van der Waals surface area contributed by atoms with Crippen molar-refractivity contribution in [3.63, 3.8) is 0 Å². The zero-order chi connectivity index (χ0) is 19.7. The fourth-order valence-electron chi connectivity index (χ4n) is 2.52. The Hall–Kier alpha value is -1.80. The molecule has 142 valence electrons. The van der Waals surface area contributed by atoms with Gasteiger partial charge >= 0.3 is 5.97 Å². The van der Waals surface area contributed by atoms with Gasteiger partial charge in [0.1, 0.15) is 11.4 Å². The minimum atomic E-state index is -0.451. The van der Waals surface area contributed by atoms with Crippen molar-refractivity contribution in [1.29, 1.82) is 5.26 Å². The van der Waals surface area contributed by atoms with Gasteiger partial charge in [0.25, 0.3) is 0 Å². The molecule has 0 N–H and O–H groups in total. The van der Waals surface area contributed by atoms with Gasteiger partial charge in [-0.05, 0) is 76.3 Å². The van der Waals surface area contributed by atoms with Crippen molar-refractivity contribution in [2.24, 2.45) is 0 Å². The summed E-state index contributed by atoms with van der Waals surface area (Å²) in [6.07, 6.45) is 4.44. The molecule has 4 nitrogen and oxygen atoms in total. The molecule has 0 saturated carbocycles. The molecule has 0 unspecified atom stereocenters. The van der Waals surface area contributed by atoms with E-state index in [1.54, 1.807) is 7.11 Å². The second-order valence-corrected chi connectivity index (χ2v) is 7.79. The first-order valence-corrected chi connectivity index (χ1v) is 9.88. The number of allylic oxidation sites excluding steroid dienone is 1. The quantitative estimate of drug-likeness (QED) is 0.233. The van der Waals surface area contributed by atoms with Crippen molar-refractivity contribution in [3.05, 3.63) is 34.4 Å². The van der Waals surface area contributed by atoms with Crippen LogP contribution >= 0.6 is 15.9 Å². The molecule has 5 heteroatoms. The Kier molecular flexibility index (Phi) is 8.87. The highest BCUT2D eigenvalue weighted by atomic mass is 79.9. The zero-order valence-corrected chi connectivity index (χ0v) is 17.9. The lowest BCUT2D eigenvalue weighted by molar-refractivity contribution is -0.154. The van der Waals surface area contributed by atoms with Gasteiger partial charge in [-0.2, -0.15) is 5.26 Å². The molecular weight excluding hydrogens is 394 g/mol. The van der Waals surface area contributed by atoms with Gasteiger partial charge in [0.05, 0.1) is 13.2 Å². The minimum Gasteiger partial charge on any atom is -0.496 e. The molecular formula is C21H28BrNO3. The third-order valence-electron chi connectivity index (χ3n) is 3.78. The van der Waals surface area contributed by atoms with Crippen LogP contribution in [0.15, 0.2) is 17.7 Å². The molecule has 1 rings (SSSR count). The summed E-state index contributed by atoms with van der Waals surface area (Å²) in [6.45, 7) is 7.59. The summed E-state index contributed by atoms with van der Waals surface area (Å²) in [5.41, 5.74) is 3.39. The lowest BCUT2D eigenvalue weighted by Crippen LogP contribution is -2.23. The Morgan fingerprint density at radius 2 is 1.92 bits per heavy atom. The van der Waals surface area contributed by atoms with Gasteiger partial charge in [-0.1, -0.05) is 15.9 Å². The molecule has 0 atom stereocenters. The van der Waals surface area contributed by atoms with Crippen molar-refractivity contribution < 1.29 is 14.3 Å². The summed E-state index contributed by atoms with van der Waals surface area (Å²) >= 11 is 3.47. The van der Waals surface area contributed by atoms with Gasteiger partial charge in [0.15, 0.2) is 0 Å². The van der Waals surface area contributed by atoms with Crippen molar-refractivity contribution in [1.82, 2.24) is 0 Å². The van der Waals surface area contributed by atoms with Crippen LogP contribution in [0.5, 0.6) is 5.75 Å². The van der Waals surface area contributed by atoms with Gasteiger partial charge in [-0.25, -0.2) is 0 Å². The van der Waals surface area contributed by atoms with E-state index in [9.17, 15) is 10.1 Å². The highest BCUT2D eigenvalue weighted by molar-refractivity contribution is 9.08. The summed E-state index contributed by atoms with van der Waals surface area (Å²) in [7, 11) is 1.65. The molecule has 0 radical (unpaired) electrons. The number of hydrogen-bond donors (Lipinski definition) is 0. The van der Waals surface area contributed by atoms with Crippen LogP contribution in [-0.4, -0.2) is 18.7 Å². The van der Waals surface area contributed by atoms with E-state index >= 15 is 0 Å². The number of unbranched alkanes of at least 4 members (excludes halogenated alkanes) is 1. The van der Waals surface area contributed by atoms with E-state index < -0.39 is 5.60 Å². The number of benzene rings is 1. The lowest BCUT2D eigenvalue weighted by atomic mass is 10.00. The van der Waals surface area contributed by atoms with Gasteiger partial charge in [-0.15, -0.1) is 0 Å². The Labute approximate surface area is 165 Å². The summed E-state index contributed by atoms with van der Waals surface area (Å²) < 4.78 is 10.7. The summed E-state index contributed by atoms with van der Waals surface area (Å²) in [6, 6.07) is 6.30. The molecule has 0 aliphatic carbocycles. The first-order chi connectivity index (χ1) is 12.2. The van der Waals surface area contributed by atoms with E-state index in [1.807, 2.05) is 45.9 Å². The predicted molar refractivity (Wildman–Crippen MR) is 108 cm³/mol. The van der Waals surface area contributed by atoms with Gasteiger partial charge in [0.2, 0.25) is 0 Å². The van der Waals surface area contributed by atoms with Gasteiger partial charge in [-0.3, -0.25) is 4.79 Å². The monoisotopic (exact) mass is 421 g/mol. The van der Waals surface area contributed by atoms with Crippen LogP contribution in [0.1, 0.15) is 63.1 Å². The van der Waals surface area contributed by atoms with E-state index in [1.165, 1.54) is 0 Å². The fraction of sp³-hybridized carbons (Fsp3) is 0.524. The molecule has 0 aliphatic rings. The Bertz CT molecular complexity index is 696. The third kappa shape index (κ3) is 7.61. The zero-order valence-electron chi connectivity index (χ0n) is 16.3. The smallest absolute Gasteiger partial charge is 0.306 e. The Balaban J connectivity index is 2.69. The maximum atomic E-state index is 11.7. The van der Waals surface area contributed by atoms with Crippen molar-refractivity contribution >= 4 is 28.0 Å². The molecule has 0 fully saturated rings. The molecule has 0 bridgehead atoms. The fourth-order valence-corrected chi connectivity index (χ4v) is 2.96. The van der Waals surface area contributed by atoms with Gasteiger partial charge < -0.3 is 9.47 Å². The minimum absolute atomic E-state index is 0.187. The third-order valence-corrected chi connectivity index (χ3v) is 4.39. The molecule has 0 aromatic heterocycles. The summed E-state index contributed by atoms with van der Waals surface area (Å²) in [5, 5.41) is 10.1. The van der Waals surface area contributed by atoms with Crippen LogP contribution in [0, 0.1) is 18.3 Å². The van der Waals surface area contributed by atoms with Crippen LogP contribution in [0.2, 0.25) is 0 Å². The van der Waals surface area contributed by atoms with Crippen LogP contribution in [0.4, 0.5) is 0 Å². The SMILES string of the molecule is COc1cc(C)c(/C=C(/C#N)CCCCC(=O)OC(C)(C)C)cc1CBr. The second-order valence-electron chi connectivity index (χ2n) is 7.23. The van der Waals surface area contributed by atoms with Gasteiger partial charge in [0, 0.05) is 22.9 Å². The lowest BCUT2D eigenvalue weighted by Gasteiger charge is -2.19. The van der Waals surface area contributed by atoms with Crippen molar-refractivity contribution in [2.45, 2.75) is 64.3 Å². The van der Waals surface area contributed by atoms with E-state index in [0.717, 1.165) is 28.9 Å². The molecule has 0 aliphatic heterocycles. The molecule has 1 aromatic carbocycles. The molecule has 26 heavy (non-hydrogen) atoms. The summed E-state index contributed by atoms with van der Waals surface area (Å²) in [5.74, 6) is 0.653. The van der Waals surface area contributed by atoms with Crippen molar-refractivity contribution in [3.8, 4) is 11.8 Å². The highest BCUT2D eigenvalue weighted by Gasteiger charge is 2.15. The number of esters is 1. The first kappa shape index (κ1) is 22.2. The number of nitrogens with zero attached hydrogens (tertiary/aromatic N) is 1. The highest BCUT2D eigenvalue weighted by Crippen LogP contribution is 2.27. The second kappa shape index (κ2) is 10.4. The molecule has 0 amide bonds.